The molecule has 0 spiro atoms. The Morgan fingerprint density at radius 2 is 2.06 bits per heavy atom. The summed E-state index contributed by atoms with van der Waals surface area (Å²) >= 11 is 0. The highest BCUT2D eigenvalue weighted by Gasteiger charge is 2.23. The van der Waals surface area contributed by atoms with E-state index >= 15 is 0 Å². The van der Waals surface area contributed by atoms with Crippen LogP contribution in [-0.4, -0.2) is 62.1 Å². The Hall–Kier alpha value is -1.33. The molecular formula is C13H20N2O3. The van der Waals surface area contributed by atoms with E-state index in [0.717, 1.165) is 45.1 Å². The summed E-state index contributed by atoms with van der Waals surface area (Å²) in [6.45, 7) is 6.82. The maximum Gasteiger partial charge on any atom is 0.289 e. The molecule has 0 saturated carbocycles. The Kier molecular flexibility index (Phi) is 4.38. The number of methoxy groups -OCH3 is 1. The molecule has 0 aromatic carbocycles. The lowest BCUT2D eigenvalue weighted by Crippen LogP contribution is -2.49. The molecule has 1 fully saturated rings. The van der Waals surface area contributed by atoms with Gasteiger partial charge in [-0.05, 0) is 19.1 Å². The first-order valence-corrected chi connectivity index (χ1v) is 6.27. The van der Waals surface area contributed by atoms with Crippen molar-refractivity contribution in [1.82, 2.24) is 9.80 Å². The van der Waals surface area contributed by atoms with Crippen LogP contribution in [0.5, 0.6) is 0 Å². The van der Waals surface area contributed by atoms with Gasteiger partial charge in [-0.3, -0.25) is 9.69 Å². The molecule has 1 aliphatic heterocycles. The Bertz CT molecular complexity index is 395. The zero-order valence-corrected chi connectivity index (χ0v) is 11.0. The Morgan fingerprint density at radius 3 is 2.61 bits per heavy atom. The quantitative estimate of drug-likeness (QED) is 0.802. The van der Waals surface area contributed by atoms with Crippen molar-refractivity contribution in [2.45, 2.75) is 6.92 Å². The SMILES string of the molecule is COCCN1CCN(C(=O)c2ccc(C)o2)CC1. The van der Waals surface area contributed by atoms with E-state index in [9.17, 15) is 4.79 Å². The van der Waals surface area contributed by atoms with Gasteiger partial charge in [0, 0.05) is 39.8 Å². The predicted molar refractivity (Wildman–Crippen MR) is 67.7 cm³/mol. The summed E-state index contributed by atoms with van der Waals surface area (Å²) in [7, 11) is 1.71. The Morgan fingerprint density at radius 1 is 1.33 bits per heavy atom. The molecule has 0 radical (unpaired) electrons. The summed E-state index contributed by atoms with van der Waals surface area (Å²) in [5, 5.41) is 0. The van der Waals surface area contributed by atoms with Gasteiger partial charge in [0.15, 0.2) is 5.76 Å². The van der Waals surface area contributed by atoms with E-state index in [-0.39, 0.29) is 5.91 Å². The van der Waals surface area contributed by atoms with Crippen molar-refractivity contribution in [3.63, 3.8) is 0 Å². The Balaban J connectivity index is 1.84. The summed E-state index contributed by atoms with van der Waals surface area (Å²) in [6.07, 6.45) is 0. The van der Waals surface area contributed by atoms with E-state index in [1.807, 2.05) is 17.9 Å². The molecule has 2 heterocycles. The van der Waals surface area contributed by atoms with Crippen LogP contribution in [-0.2, 0) is 4.74 Å². The second-order valence-electron chi connectivity index (χ2n) is 4.54. The van der Waals surface area contributed by atoms with Crippen molar-refractivity contribution in [2.75, 3.05) is 46.4 Å². The predicted octanol–water partition coefficient (Wildman–Crippen LogP) is 0.992. The number of hydrogen-bond acceptors (Lipinski definition) is 4. The van der Waals surface area contributed by atoms with Crippen LogP contribution in [0, 0.1) is 6.92 Å². The molecule has 1 aliphatic rings. The second kappa shape index (κ2) is 6.02. The van der Waals surface area contributed by atoms with E-state index in [1.54, 1.807) is 13.2 Å². The first-order valence-electron chi connectivity index (χ1n) is 6.27. The average Bonchev–Trinajstić information content (AvgIpc) is 2.83. The molecular weight excluding hydrogens is 232 g/mol. The highest BCUT2D eigenvalue weighted by atomic mass is 16.5. The molecule has 100 valence electrons. The van der Waals surface area contributed by atoms with Crippen molar-refractivity contribution in [1.29, 1.82) is 0 Å². The molecule has 1 aromatic rings. The van der Waals surface area contributed by atoms with Gasteiger partial charge in [0.2, 0.25) is 0 Å². The fourth-order valence-corrected chi connectivity index (χ4v) is 2.10. The average molecular weight is 252 g/mol. The molecule has 0 atom stereocenters. The van der Waals surface area contributed by atoms with Crippen molar-refractivity contribution in [3.05, 3.63) is 23.7 Å². The summed E-state index contributed by atoms with van der Waals surface area (Å²) in [6, 6.07) is 3.57. The number of carbonyl (C=O) groups is 1. The normalized spacial score (nSPS) is 17.1. The largest absolute Gasteiger partial charge is 0.456 e. The summed E-state index contributed by atoms with van der Waals surface area (Å²) < 4.78 is 10.4. The van der Waals surface area contributed by atoms with Gasteiger partial charge in [-0.25, -0.2) is 0 Å². The Labute approximate surface area is 107 Å². The van der Waals surface area contributed by atoms with Gasteiger partial charge in [-0.1, -0.05) is 0 Å². The van der Waals surface area contributed by atoms with Crippen LogP contribution < -0.4 is 0 Å². The van der Waals surface area contributed by atoms with Crippen LogP contribution >= 0.6 is 0 Å². The molecule has 0 bridgehead atoms. The minimum absolute atomic E-state index is 0.00510. The van der Waals surface area contributed by atoms with Crippen LogP contribution in [0.3, 0.4) is 0 Å². The lowest BCUT2D eigenvalue weighted by Gasteiger charge is -2.34. The monoisotopic (exact) mass is 252 g/mol. The van der Waals surface area contributed by atoms with E-state index < -0.39 is 0 Å². The minimum Gasteiger partial charge on any atom is -0.456 e. The number of aryl methyl sites for hydroxylation is 1. The van der Waals surface area contributed by atoms with Gasteiger partial charge in [-0.2, -0.15) is 0 Å². The van der Waals surface area contributed by atoms with Crippen molar-refractivity contribution < 1.29 is 13.9 Å². The van der Waals surface area contributed by atoms with Crippen LogP contribution in [0.1, 0.15) is 16.3 Å². The van der Waals surface area contributed by atoms with E-state index in [4.69, 9.17) is 9.15 Å². The van der Waals surface area contributed by atoms with Crippen LogP contribution in [0.25, 0.3) is 0 Å². The maximum absolute atomic E-state index is 12.1. The third-order valence-corrected chi connectivity index (χ3v) is 3.22. The van der Waals surface area contributed by atoms with Gasteiger partial charge in [0.05, 0.1) is 6.61 Å². The van der Waals surface area contributed by atoms with E-state index in [0.29, 0.717) is 5.76 Å². The lowest BCUT2D eigenvalue weighted by atomic mass is 10.3. The van der Waals surface area contributed by atoms with E-state index in [2.05, 4.69) is 4.90 Å². The number of ether oxygens (including phenoxy) is 1. The van der Waals surface area contributed by atoms with Crippen LogP contribution in [0.2, 0.25) is 0 Å². The summed E-state index contributed by atoms with van der Waals surface area (Å²) in [5.41, 5.74) is 0. The van der Waals surface area contributed by atoms with Gasteiger partial charge in [0.1, 0.15) is 5.76 Å². The molecule has 1 amide bonds. The summed E-state index contributed by atoms with van der Waals surface area (Å²) in [5.74, 6) is 1.21. The number of hydrogen-bond donors (Lipinski definition) is 0. The number of rotatable bonds is 4. The number of furan rings is 1. The molecule has 0 N–H and O–H groups in total. The van der Waals surface area contributed by atoms with Crippen molar-refractivity contribution in [2.24, 2.45) is 0 Å². The van der Waals surface area contributed by atoms with Gasteiger partial charge >= 0.3 is 0 Å². The highest BCUT2D eigenvalue weighted by molar-refractivity contribution is 5.91. The van der Waals surface area contributed by atoms with Crippen LogP contribution in [0.4, 0.5) is 0 Å². The van der Waals surface area contributed by atoms with Gasteiger partial charge in [-0.15, -0.1) is 0 Å². The number of nitrogens with zero attached hydrogens (tertiary/aromatic N) is 2. The summed E-state index contributed by atoms with van der Waals surface area (Å²) in [4.78, 5) is 16.3. The number of piperazine rings is 1. The highest BCUT2D eigenvalue weighted by Crippen LogP contribution is 2.11. The van der Waals surface area contributed by atoms with E-state index in [1.165, 1.54) is 0 Å². The third kappa shape index (κ3) is 3.11. The zero-order valence-electron chi connectivity index (χ0n) is 11.0. The smallest absolute Gasteiger partial charge is 0.289 e. The molecule has 2 rings (SSSR count). The first-order chi connectivity index (χ1) is 8.70. The molecule has 5 nitrogen and oxygen atoms in total. The van der Waals surface area contributed by atoms with Crippen molar-refractivity contribution >= 4 is 5.91 Å². The fraction of sp³-hybridized carbons (Fsp3) is 0.615. The van der Waals surface area contributed by atoms with Gasteiger partial charge < -0.3 is 14.1 Å². The standard InChI is InChI=1S/C13H20N2O3/c1-11-3-4-12(18-11)13(16)15-7-5-14(6-8-15)9-10-17-2/h3-4H,5-10H2,1-2H3. The number of carbonyl (C=O) groups excluding carboxylic acids is 1. The third-order valence-electron chi connectivity index (χ3n) is 3.22. The van der Waals surface area contributed by atoms with Gasteiger partial charge in [0.25, 0.3) is 5.91 Å². The topological polar surface area (TPSA) is 45.9 Å². The fourth-order valence-electron chi connectivity index (χ4n) is 2.10. The molecule has 1 saturated heterocycles. The second-order valence-corrected chi connectivity index (χ2v) is 4.54. The maximum atomic E-state index is 12.1. The lowest BCUT2D eigenvalue weighted by molar-refractivity contribution is 0.0564. The molecule has 0 aliphatic carbocycles. The molecule has 0 unspecified atom stereocenters. The van der Waals surface area contributed by atoms with Crippen molar-refractivity contribution in [3.8, 4) is 0 Å². The molecule has 5 heteroatoms. The molecule has 1 aromatic heterocycles. The number of amides is 1. The van der Waals surface area contributed by atoms with Crippen LogP contribution in [0.15, 0.2) is 16.5 Å². The molecule has 18 heavy (non-hydrogen) atoms. The first kappa shape index (κ1) is 13.1. The minimum atomic E-state index is -0.00510. The zero-order chi connectivity index (χ0) is 13.0.